The average molecular weight is 529 g/mol. The van der Waals surface area contributed by atoms with Gasteiger partial charge >= 0.3 is 6.18 Å². The van der Waals surface area contributed by atoms with Crippen LogP contribution in [0.15, 0.2) is 54.6 Å². The number of benzene rings is 2. The van der Waals surface area contributed by atoms with Crippen molar-refractivity contribution < 1.29 is 27.4 Å². The van der Waals surface area contributed by atoms with Crippen LogP contribution in [-0.4, -0.2) is 86.3 Å². The molecule has 2 fully saturated rings. The summed E-state index contributed by atoms with van der Waals surface area (Å²) in [4.78, 5) is 23.6. The number of pyridine rings is 1. The van der Waals surface area contributed by atoms with Gasteiger partial charge < -0.3 is 19.3 Å². The zero-order chi connectivity index (χ0) is 26.7. The molecule has 3 heterocycles. The maximum Gasteiger partial charge on any atom is 0.433 e. The average Bonchev–Trinajstić information content (AvgIpc) is 2.92. The van der Waals surface area contributed by atoms with E-state index in [1.165, 1.54) is 13.2 Å². The van der Waals surface area contributed by atoms with Gasteiger partial charge in [-0.3, -0.25) is 9.69 Å². The molecule has 2 saturated heterocycles. The third-order valence-corrected chi connectivity index (χ3v) is 7.23. The number of aromatic nitrogens is 1. The molecule has 0 unspecified atom stereocenters. The Morgan fingerprint density at radius 1 is 1.03 bits per heavy atom. The summed E-state index contributed by atoms with van der Waals surface area (Å²) in [5.41, 5.74) is 1.12. The van der Waals surface area contributed by atoms with E-state index in [1.54, 1.807) is 6.07 Å². The van der Waals surface area contributed by atoms with Crippen LogP contribution in [0.25, 0.3) is 10.9 Å². The molecule has 0 bridgehead atoms. The molecular formula is C28H31F3N4O3. The van der Waals surface area contributed by atoms with E-state index in [9.17, 15) is 18.0 Å². The lowest BCUT2D eigenvalue weighted by Crippen LogP contribution is -2.58. The van der Waals surface area contributed by atoms with Gasteiger partial charge in [-0.2, -0.15) is 13.2 Å². The van der Waals surface area contributed by atoms with Crippen molar-refractivity contribution in [1.29, 1.82) is 0 Å². The number of alkyl halides is 3. The summed E-state index contributed by atoms with van der Waals surface area (Å²) in [5.74, 6) is 0.374. The second kappa shape index (κ2) is 11.2. The number of amides is 1. The van der Waals surface area contributed by atoms with Gasteiger partial charge in [-0.15, -0.1) is 0 Å². The number of ether oxygens (including phenoxy) is 2. The summed E-state index contributed by atoms with van der Waals surface area (Å²) in [6, 6.07) is 15.9. The van der Waals surface area contributed by atoms with Crippen molar-refractivity contribution in [3.8, 4) is 5.75 Å². The van der Waals surface area contributed by atoms with Crippen LogP contribution in [0.5, 0.6) is 5.75 Å². The van der Waals surface area contributed by atoms with Crippen LogP contribution in [0.4, 0.5) is 18.9 Å². The quantitative estimate of drug-likeness (QED) is 0.485. The molecule has 1 atom stereocenters. The number of fused-ring (bicyclic) bond motifs is 1. The molecule has 0 spiro atoms. The predicted octanol–water partition coefficient (Wildman–Crippen LogP) is 3.85. The molecule has 1 amide bonds. The number of morpholine rings is 1. The van der Waals surface area contributed by atoms with Crippen molar-refractivity contribution in [3.63, 3.8) is 0 Å². The van der Waals surface area contributed by atoms with Crippen LogP contribution in [0.3, 0.4) is 0 Å². The van der Waals surface area contributed by atoms with E-state index in [0.29, 0.717) is 51.2 Å². The standard InChI is InChI=1S/C28H31F3N4O3/c1-37-24-9-8-23(22-7-10-25(28(29,30)31)32-27(22)24)34-11-12-35(26(36)19-33-13-15-38-16-14-33)21(18-34)17-20-5-3-2-4-6-20/h2-10,21H,11-19H2,1H3/t21-/m0/s1. The normalized spacial score (nSPS) is 19.1. The molecule has 2 aliphatic heterocycles. The monoisotopic (exact) mass is 528 g/mol. The molecule has 5 rings (SSSR count). The van der Waals surface area contributed by atoms with Gasteiger partial charge in [-0.05, 0) is 36.2 Å². The van der Waals surface area contributed by atoms with Crippen molar-refractivity contribution >= 4 is 22.5 Å². The molecule has 0 N–H and O–H groups in total. The van der Waals surface area contributed by atoms with Crippen molar-refractivity contribution in [2.75, 3.05) is 64.5 Å². The zero-order valence-electron chi connectivity index (χ0n) is 21.3. The fraction of sp³-hybridized carbons (Fsp3) is 0.429. The Labute approximate surface area is 219 Å². The summed E-state index contributed by atoms with van der Waals surface area (Å²) in [7, 11) is 1.42. The molecule has 0 radical (unpaired) electrons. The van der Waals surface area contributed by atoms with Crippen molar-refractivity contribution in [1.82, 2.24) is 14.8 Å². The summed E-state index contributed by atoms with van der Waals surface area (Å²) in [6.07, 6.45) is -3.88. The smallest absolute Gasteiger partial charge is 0.433 e. The number of anilines is 1. The Morgan fingerprint density at radius 3 is 2.50 bits per heavy atom. The van der Waals surface area contributed by atoms with E-state index in [2.05, 4.69) is 26.9 Å². The first-order chi connectivity index (χ1) is 18.3. The lowest BCUT2D eigenvalue weighted by atomic mass is 10.0. The van der Waals surface area contributed by atoms with E-state index >= 15 is 0 Å². The lowest BCUT2D eigenvalue weighted by Gasteiger charge is -2.43. The SMILES string of the molecule is COc1ccc(N2CCN(C(=O)CN3CCOCC3)[C@@H](Cc3ccccc3)C2)c2ccc(C(F)(F)F)nc12. The highest BCUT2D eigenvalue weighted by atomic mass is 19.4. The number of methoxy groups -OCH3 is 1. The molecule has 0 saturated carbocycles. The highest BCUT2D eigenvalue weighted by Gasteiger charge is 2.35. The number of rotatable bonds is 6. The maximum atomic E-state index is 13.4. The predicted molar refractivity (Wildman–Crippen MR) is 138 cm³/mol. The fourth-order valence-electron chi connectivity index (χ4n) is 5.28. The Kier molecular flexibility index (Phi) is 7.71. The number of piperazine rings is 1. The van der Waals surface area contributed by atoms with Crippen LogP contribution in [-0.2, 0) is 22.1 Å². The third kappa shape index (κ3) is 5.71. The first-order valence-corrected chi connectivity index (χ1v) is 12.8. The van der Waals surface area contributed by atoms with E-state index in [-0.39, 0.29) is 23.2 Å². The first-order valence-electron chi connectivity index (χ1n) is 12.8. The van der Waals surface area contributed by atoms with Gasteiger partial charge in [0.25, 0.3) is 0 Å². The highest BCUT2D eigenvalue weighted by Crippen LogP contribution is 2.37. The third-order valence-electron chi connectivity index (χ3n) is 7.23. The summed E-state index contributed by atoms with van der Waals surface area (Å²) < 4.78 is 50.9. The lowest BCUT2D eigenvalue weighted by molar-refractivity contribution is -0.141. The van der Waals surface area contributed by atoms with Gasteiger partial charge in [-0.25, -0.2) is 4.98 Å². The number of nitrogens with zero attached hydrogens (tertiary/aromatic N) is 4. The molecule has 10 heteroatoms. The summed E-state index contributed by atoms with van der Waals surface area (Å²) in [5, 5.41) is 0.587. The second-order valence-corrected chi connectivity index (χ2v) is 9.64. The molecule has 2 aromatic carbocycles. The minimum absolute atomic E-state index is 0.0866. The van der Waals surface area contributed by atoms with Gasteiger partial charge in [0.1, 0.15) is 17.0 Å². The van der Waals surface area contributed by atoms with Gasteiger partial charge in [0.15, 0.2) is 0 Å². The highest BCUT2D eigenvalue weighted by molar-refractivity contribution is 5.96. The number of halogens is 3. The van der Waals surface area contributed by atoms with Crippen molar-refractivity contribution in [3.05, 3.63) is 65.9 Å². The van der Waals surface area contributed by atoms with Gasteiger partial charge in [0, 0.05) is 43.8 Å². The van der Waals surface area contributed by atoms with E-state index in [4.69, 9.17) is 9.47 Å². The second-order valence-electron chi connectivity index (χ2n) is 9.64. The Hall–Kier alpha value is -3.37. The van der Waals surface area contributed by atoms with E-state index in [0.717, 1.165) is 30.4 Å². The first kappa shape index (κ1) is 26.2. The Balaban J connectivity index is 1.44. The Bertz CT molecular complexity index is 1270. The van der Waals surface area contributed by atoms with Gasteiger partial charge in [0.2, 0.25) is 5.91 Å². The number of carbonyl (C=O) groups is 1. The van der Waals surface area contributed by atoms with Crippen LogP contribution in [0, 0.1) is 0 Å². The van der Waals surface area contributed by atoms with Crippen LogP contribution in [0.2, 0.25) is 0 Å². The summed E-state index contributed by atoms with van der Waals surface area (Å²) >= 11 is 0. The summed E-state index contributed by atoms with van der Waals surface area (Å²) in [6.45, 7) is 4.70. The van der Waals surface area contributed by atoms with E-state index < -0.39 is 11.9 Å². The number of hydrogen-bond donors (Lipinski definition) is 0. The Morgan fingerprint density at radius 2 is 1.79 bits per heavy atom. The molecule has 1 aromatic heterocycles. The zero-order valence-corrected chi connectivity index (χ0v) is 21.3. The molecule has 0 aliphatic carbocycles. The largest absolute Gasteiger partial charge is 0.494 e. The molecule has 7 nitrogen and oxygen atoms in total. The van der Waals surface area contributed by atoms with Crippen LogP contribution >= 0.6 is 0 Å². The molecule has 38 heavy (non-hydrogen) atoms. The topological polar surface area (TPSA) is 58.1 Å². The van der Waals surface area contributed by atoms with Crippen molar-refractivity contribution in [2.24, 2.45) is 0 Å². The van der Waals surface area contributed by atoms with Gasteiger partial charge in [0.05, 0.1) is 32.9 Å². The molecular weight excluding hydrogens is 497 g/mol. The molecule has 3 aromatic rings. The van der Waals surface area contributed by atoms with Gasteiger partial charge in [-0.1, -0.05) is 30.3 Å². The minimum atomic E-state index is -4.55. The van der Waals surface area contributed by atoms with Crippen LogP contribution in [0.1, 0.15) is 11.3 Å². The van der Waals surface area contributed by atoms with E-state index in [1.807, 2.05) is 29.2 Å². The van der Waals surface area contributed by atoms with Crippen LogP contribution < -0.4 is 9.64 Å². The molecule has 2 aliphatic rings. The maximum absolute atomic E-state index is 13.4. The fourth-order valence-corrected chi connectivity index (χ4v) is 5.28. The number of hydrogen-bond acceptors (Lipinski definition) is 6. The number of carbonyl (C=O) groups excluding carboxylic acids is 1. The minimum Gasteiger partial charge on any atom is -0.494 e. The molecule has 202 valence electrons. The van der Waals surface area contributed by atoms with Crippen molar-refractivity contribution in [2.45, 2.75) is 18.6 Å².